The number of carbonyl (C=O) groups is 3. The molecule has 1 heterocycles. The molecule has 0 saturated heterocycles. The van der Waals surface area contributed by atoms with Crippen molar-refractivity contribution in [2.75, 3.05) is 11.9 Å². The summed E-state index contributed by atoms with van der Waals surface area (Å²) in [6.45, 7) is 5.80. The molecular weight excluding hydrogens is 394 g/mol. The highest BCUT2D eigenvalue weighted by molar-refractivity contribution is 6.02. The Morgan fingerprint density at radius 2 is 1.71 bits per heavy atom. The van der Waals surface area contributed by atoms with Crippen molar-refractivity contribution in [3.8, 4) is 0 Å². The van der Waals surface area contributed by atoms with Crippen LogP contribution < -0.4 is 5.32 Å². The summed E-state index contributed by atoms with van der Waals surface area (Å²) in [7, 11) is 0. The van der Waals surface area contributed by atoms with Gasteiger partial charge in [-0.3, -0.25) is 14.4 Å². The standard InChI is InChI=1S/C24H27N3O4/c1-16-8-7-9-17(2)23(16)25-24(30)18(3)31-22(29)13-12-21(28)27-15-14-20(26-27)19-10-5-4-6-11-19/h4-11,18H,12-15H2,1-3H3,(H,25,30)/t18-/m0/s1. The minimum atomic E-state index is -0.962. The number of hydrogen-bond donors (Lipinski definition) is 1. The van der Waals surface area contributed by atoms with Crippen LogP contribution in [0.2, 0.25) is 0 Å². The fourth-order valence-electron chi connectivity index (χ4n) is 3.35. The molecule has 3 rings (SSSR count). The van der Waals surface area contributed by atoms with Crippen molar-refractivity contribution in [3.63, 3.8) is 0 Å². The lowest BCUT2D eigenvalue weighted by Crippen LogP contribution is -2.31. The first-order chi connectivity index (χ1) is 14.8. The maximum atomic E-state index is 12.4. The molecular formula is C24H27N3O4. The highest BCUT2D eigenvalue weighted by atomic mass is 16.5. The van der Waals surface area contributed by atoms with E-state index in [2.05, 4.69) is 10.4 Å². The van der Waals surface area contributed by atoms with Crippen LogP contribution in [0.3, 0.4) is 0 Å². The SMILES string of the molecule is Cc1cccc(C)c1NC(=O)[C@H](C)OC(=O)CCC(=O)N1CCC(c2ccccc2)=N1. The number of benzene rings is 2. The molecule has 0 aromatic heterocycles. The molecule has 0 spiro atoms. The van der Waals surface area contributed by atoms with Gasteiger partial charge in [-0.15, -0.1) is 0 Å². The number of nitrogens with one attached hydrogen (secondary N) is 1. The average Bonchev–Trinajstić information content (AvgIpc) is 3.25. The second-order valence-corrected chi connectivity index (χ2v) is 7.57. The molecule has 0 unspecified atom stereocenters. The summed E-state index contributed by atoms with van der Waals surface area (Å²) in [5.74, 6) is -1.24. The quantitative estimate of drug-likeness (QED) is 0.692. The Bertz CT molecular complexity index is 981. The number of hydrogen-bond acceptors (Lipinski definition) is 5. The van der Waals surface area contributed by atoms with Gasteiger partial charge in [-0.1, -0.05) is 48.5 Å². The minimum Gasteiger partial charge on any atom is -0.453 e. The lowest BCUT2D eigenvalue weighted by Gasteiger charge is -2.16. The van der Waals surface area contributed by atoms with Gasteiger partial charge in [0.05, 0.1) is 18.7 Å². The molecule has 1 aliphatic heterocycles. The van der Waals surface area contributed by atoms with Crippen LogP contribution in [0.4, 0.5) is 5.69 Å². The summed E-state index contributed by atoms with van der Waals surface area (Å²) >= 11 is 0. The summed E-state index contributed by atoms with van der Waals surface area (Å²) < 4.78 is 5.21. The Kier molecular flexibility index (Phi) is 7.18. The number of rotatable bonds is 7. The van der Waals surface area contributed by atoms with Gasteiger partial charge in [0, 0.05) is 18.5 Å². The number of para-hydroxylation sites is 1. The van der Waals surface area contributed by atoms with E-state index < -0.39 is 18.0 Å². The van der Waals surface area contributed by atoms with Gasteiger partial charge >= 0.3 is 5.97 Å². The van der Waals surface area contributed by atoms with Crippen LogP contribution in [-0.4, -0.2) is 41.2 Å². The van der Waals surface area contributed by atoms with Gasteiger partial charge in [-0.05, 0) is 37.5 Å². The number of carbonyl (C=O) groups excluding carboxylic acids is 3. The molecule has 2 amide bonds. The average molecular weight is 421 g/mol. The highest BCUT2D eigenvalue weighted by Gasteiger charge is 2.24. The van der Waals surface area contributed by atoms with Gasteiger partial charge in [-0.2, -0.15) is 5.10 Å². The molecule has 7 heteroatoms. The maximum Gasteiger partial charge on any atom is 0.307 e. The van der Waals surface area contributed by atoms with Crippen molar-refractivity contribution in [1.29, 1.82) is 0 Å². The van der Waals surface area contributed by atoms with Gasteiger partial charge in [0.15, 0.2) is 6.10 Å². The predicted molar refractivity (Wildman–Crippen MR) is 119 cm³/mol. The smallest absolute Gasteiger partial charge is 0.307 e. The van der Waals surface area contributed by atoms with Crippen LogP contribution in [0.5, 0.6) is 0 Å². The van der Waals surface area contributed by atoms with E-state index >= 15 is 0 Å². The zero-order chi connectivity index (χ0) is 22.4. The van der Waals surface area contributed by atoms with Crippen LogP contribution in [0.15, 0.2) is 53.6 Å². The molecule has 2 aromatic carbocycles. The monoisotopic (exact) mass is 421 g/mol. The van der Waals surface area contributed by atoms with Gasteiger partial charge in [0.25, 0.3) is 5.91 Å². The second-order valence-electron chi connectivity index (χ2n) is 7.57. The maximum absolute atomic E-state index is 12.4. The van der Waals surface area contributed by atoms with E-state index in [1.54, 1.807) is 0 Å². The first kappa shape index (κ1) is 22.2. The molecule has 0 saturated carbocycles. The third-order valence-corrected chi connectivity index (χ3v) is 5.15. The first-order valence-electron chi connectivity index (χ1n) is 10.3. The van der Waals surface area contributed by atoms with Gasteiger partial charge in [-0.25, -0.2) is 5.01 Å². The normalized spacial score (nSPS) is 14.0. The Morgan fingerprint density at radius 1 is 1.03 bits per heavy atom. The molecule has 1 atom stereocenters. The van der Waals surface area contributed by atoms with E-state index in [1.165, 1.54) is 11.9 Å². The van der Waals surface area contributed by atoms with Crippen LogP contribution >= 0.6 is 0 Å². The highest BCUT2D eigenvalue weighted by Crippen LogP contribution is 2.20. The van der Waals surface area contributed by atoms with Gasteiger partial charge in [0.2, 0.25) is 5.91 Å². The Morgan fingerprint density at radius 3 is 2.39 bits per heavy atom. The van der Waals surface area contributed by atoms with E-state index in [1.807, 2.05) is 62.4 Å². The van der Waals surface area contributed by atoms with Crippen LogP contribution in [0.25, 0.3) is 0 Å². The van der Waals surface area contributed by atoms with Crippen molar-refractivity contribution in [1.82, 2.24) is 5.01 Å². The topological polar surface area (TPSA) is 88.1 Å². The van der Waals surface area contributed by atoms with E-state index in [0.29, 0.717) is 18.7 Å². The summed E-state index contributed by atoms with van der Waals surface area (Å²) in [6, 6.07) is 15.4. The molecule has 0 radical (unpaired) electrons. The molecule has 1 N–H and O–H groups in total. The largest absolute Gasteiger partial charge is 0.453 e. The summed E-state index contributed by atoms with van der Waals surface area (Å²) in [6.07, 6.45) is -0.408. The van der Waals surface area contributed by atoms with Crippen molar-refractivity contribution in [3.05, 3.63) is 65.2 Å². The second kappa shape index (κ2) is 10.0. The van der Waals surface area contributed by atoms with Crippen molar-refractivity contribution >= 4 is 29.2 Å². The zero-order valence-electron chi connectivity index (χ0n) is 18.1. The van der Waals surface area contributed by atoms with E-state index in [-0.39, 0.29) is 18.7 Å². The number of ether oxygens (including phenoxy) is 1. The van der Waals surface area contributed by atoms with Crippen LogP contribution in [0.1, 0.15) is 42.9 Å². The Labute approximate surface area is 182 Å². The summed E-state index contributed by atoms with van der Waals surface area (Å²) in [4.78, 5) is 36.9. The lowest BCUT2D eigenvalue weighted by molar-refractivity contribution is -0.154. The number of anilines is 1. The third-order valence-electron chi connectivity index (χ3n) is 5.15. The zero-order valence-corrected chi connectivity index (χ0v) is 18.1. The Hall–Kier alpha value is -3.48. The third kappa shape index (κ3) is 5.78. The lowest BCUT2D eigenvalue weighted by atomic mass is 10.1. The fraction of sp³-hybridized carbons (Fsp3) is 0.333. The summed E-state index contributed by atoms with van der Waals surface area (Å²) in [5, 5.41) is 8.57. The number of esters is 1. The molecule has 162 valence electrons. The van der Waals surface area contributed by atoms with Crippen molar-refractivity contribution in [2.45, 2.75) is 46.1 Å². The molecule has 1 aliphatic rings. The first-order valence-corrected chi connectivity index (χ1v) is 10.3. The summed E-state index contributed by atoms with van der Waals surface area (Å²) in [5.41, 5.74) is 4.41. The van der Waals surface area contributed by atoms with Crippen LogP contribution in [0, 0.1) is 13.8 Å². The number of aryl methyl sites for hydroxylation is 2. The van der Waals surface area contributed by atoms with Crippen molar-refractivity contribution in [2.24, 2.45) is 5.10 Å². The van der Waals surface area contributed by atoms with Gasteiger partial charge < -0.3 is 10.1 Å². The Balaban J connectivity index is 1.47. The molecule has 2 aromatic rings. The molecule has 7 nitrogen and oxygen atoms in total. The van der Waals surface area contributed by atoms with E-state index in [9.17, 15) is 14.4 Å². The minimum absolute atomic E-state index is 0.0182. The molecule has 31 heavy (non-hydrogen) atoms. The molecule has 0 fully saturated rings. The van der Waals surface area contributed by atoms with E-state index in [0.717, 1.165) is 22.4 Å². The number of amides is 2. The number of hydrazone groups is 1. The van der Waals surface area contributed by atoms with Crippen molar-refractivity contribution < 1.29 is 19.1 Å². The predicted octanol–water partition coefficient (Wildman–Crippen LogP) is 3.59. The molecule has 0 bridgehead atoms. The number of nitrogens with zero attached hydrogens (tertiary/aromatic N) is 2. The molecule has 0 aliphatic carbocycles. The van der Waals surface area contributed by atoms with E-state index in [4.69, 9.17) is 4.74 Å². The van der Waals surface area contributed by atoms with Gasteiger partial charge in [0.1, 0.15) is 0 Å². The fourth-order valence-corrected chi connectivity index (χ4v) is 3.35. The van der Waals surface area contributed by atoms with Crippen LogP contribution in [-0.2, 0) is 19.1 Å².